The molecule has 1 unspecified atom stereocenters. The Morgan fingerprint density at radius 1 is 1.05 bits per heavy atom. The van der Waals surface area contributed by atoms with Gasteiger partial charge in [-0.2, -0.15) is 0 Å². The summed E-state index contributed by atoms with van der Waals surface area (Å²) < 4.78 is 0. The zero-order chi connectivity index (χ0) is 15.4. The van der Waals surface area contributed by atoms with E-state index in [-0.39, 0.29) is 11.8 Å². The molecule has 0 aromatic heterocycles. The summed E-state index contributed by atoms with van der Waals surface area (Å²) in [6.07, 6.45) is 0.317. The van der Waals surface area contributed by atoms with Gasteiger partial charge in [-0.25, -0.2) is 0 Å². The molecule has 1 heterocycles. The summed E-state index contributed by atoms with van der Waals surface area (Å²) in [6, 6.07) is 18.5. The van der Waals surface area contributed by atoms with Crippen molar-refractivity contribution in [3.63, 3.8) is 0 Å². The number of amides is 2. The summed E-state index contributed by atoms with van der Waals surface area (Å²) >= 11 is 0. The van der Waals surface area contributed by atoms with E-state index in [9.17, 15) is 9.59 Å². The summed E-state index contributed by atoms with van der Waals surface area (Å²) in [5, 5.41) is 2.85. The van der Waals surface area contributed by atoms with E-state index in [0.717, 1.165) is 11.1 Å². The van der Waals surface area contributed by atoms with Gasteiger partial charge in [0, 0.05) is 13.1 Å². The van der Waals surface area contributed by atoms with Crippen LogP contribution in [0.4, 0.5) is 0 Å². The third-order valence-corrected chi connectivity index (χ3v) is 3.85. The zero-order valence-corrected chi connectivity index (χ0v) is 12.2. The van der Waals surface area contributed by atoms with Crippen LogP contribution in [0.15, 0.2) is 60.7 Å². The first kappa shape index (κ1) is 14.3. The van der Waals surface area contributed by atoms with Crippen molar-refractivity contribution in [1.82, 2.24) is 10.2 Å². The summed E-state index contributed by atoms with van der Waals surface area (Å²) in [5.41, 5.74) is 1.81. The number of piperazine rings is 1. The molecule has 2 amide bonds. The minimum atomic E-state index is -0.536. The number of nitrogens with zero attached hydrogens (tertiary/aromatic N) is 1. The van der Waals surface area contributed by atoms with Crippen LogP contribution in [0, 0.1) is 0 Å². The molecule has 1 atom stereocenters. The lowest BCUT2D eigenvalue weighted by molar-refractivity contribution is -0.143. The van der Waals surface area contributed by atoms with Crippen LogP contribution in [0.5, 0.6) is 0 Å². The average molecular weight is 294 g/mol. The molecule has 2 aromatic carbocycles. The number of hydrogen-bond acceptors (Lipinski definition) is 2. The van der Waals surface area contributed by atoms with Crippen LogP contribution in [-0.2, 0) is 16.0 Å². The Balaban J connectivity index is 1.83. The first-order chi connectivity index (χ1) is 10.8. The smallest absolute Gasteiger partial charge is 0.247 e. The molecule has 22 heavy (non-hydrogen) atoms. The lowest BCUT2D eigenvalue weighted by Crippen LogP contribution is -2.52. The van der Waals surface area contributed by atoms with Gasteiger partial charge in [-0.1, -0.05) is 60.7 Å². The second kappa shape index (κ2) is 6.43. The molecule has 4 heteroatoms. The van der Waals surface area contributed by atoms with Gasteiger partial charge in [0.2, 0.25) is 11.8 Å². The van der Waals surface area contributed by atoms with E-state index in [1.807, 2.05) is 60.7 Å². The molecule has 2 aromatic rings. The third kappa shape index (κ3) is 3.01. The highest BCUT2D eigenvalue weighted by Crippen LogP contribution is 2.24. The fourth-order valence-corrected chi connectivity index (χ4v) is 2.77. The molecule has 4 nitrogen and oxygen atoms in total. The van der Waals surface area contributed by atoms with Crippen LogP contribution in [-0.4, -0.2) is 29.8 Å². The molecule has 0 bridgehead atoms. The van der Waals surface area contributed by atoms with E-state index in [1.54, 1.807) is 4.90 Å². The molecule has 1 aliphatic rings. The second-order valence-corrected chi connectivity index (χ2v) is 5.35. The highest BCUT2D eigenvalue weighted by molar-refractivity contribution is 5.90. The molecule has 0 aliphatic carbocycles. The van der Waals surface area contributed by atoms with Gasteiger partial charge < -0.3 is 10.2 Å². The van der Waals surface area contributed by atoms with E-state index in [2.05, 4.69) is 5.32 Å². The summed E-state index contributed by atoms with van der Waals surface area (Å²) in [6.45, 7) is 1.04. The minimum absolute atomic E-state index is 0.0186. The first-order valence-corrected chi connectivity index (χ1v) is 7.42. The highest BCUT2D eigenvalue weighted by Gasteiger charge is 2.33. The molecule has 0 spiro atoms. The van der Waals surface area contributed by atoms with Crippen molar-refractivity contribution in [2.24, 2.45) is 0 Å². The number of nitrogens with one attached hydrogen (secondary N) is 1. The van der Waals surface area contributed by atoms with Crippen molar-refractivity contribution in [2.75, 3.05) is 13.1 Å². The monoisotopic (exact) mass is 294 g/mol. The molecular formula is C18H18N2O2. The molecule has 1 saturated heterocycles. The van der Waals surface area contributed by atoms with Gasteiger partial charge in [0.05, 0.1) is 6.42 Å². The van der Waals surface area contributed by atoms with Crippen molar-refractivity contribution < 1.29 is 9.59 Å². The Labute approximate surface area is 129 Å². The molecule has 1 N–H and O–H groups in total. The van der Waals surface area contributed by atoms with Crippen molar-refractivity contribution in [3.05, 3.63) is 71.8 Å². The quantitative estimate of drug-likeness (QED) is 0.940. The Kier molecular flexibility index (Phi) is 4.19. The topological polar surface area (TPSA) is 49.4 Å². The lowest BCUT2D eigenvalue weighted by atomic mass is 10.0. The Bertz CT molecular complexity index is 655. The van der Waals surface area contributed by atoms with Crippen molar-refractivity contribution in [2.45, 2.75) is 12.5 Å². The Morgan fingerprint density at radius 3 is 2.36 bits per heavy atom. The minimum Gasteiger partial charge on any atom is -0.352 e. The number of carbonyl (C=O) groups excluding carboxylic acids is 2. The van der Waals surface area contributed by atoms with Crippen LogP contribution >= 0.6 is 0 Å². The predicted octanol–water partition coefficient (Wildman–Crippen LogP) is 1.93. The molecule has 3 rings (SSSR count). The molecular weight excluding hydrogens is 276 g/mol. The fraction of sp³-hybridized carbons (Fsp3) is 0.222. The average Bonchev–Trinajstić information content (AvgIpc) is 2.56. The van der Waals surface area contributed by atoms with Crippen molar-refractivity contribution in [3.8, 4) is 0 Å². The van der Waals surface area contributed by atoms with Crippen LogP contribution in [0.25, 0.3) is 0 Å². The van der Waals surface area contributed by atoms with Crippen LogP contribution in [0.1, 0.15) is 17.2 Å². The summed E-state index contributed by atoms with van der Waals surface area (Å²) in [7, 11) is 0. The number of rotatable bonds is 3. The number of carbonyl (C=O) groups is 2. The van der Waals surface area contributed by atoms with Crippen LogP contribution in [0.2, 0.25) is 0 Å². The van der Waals surface area contributed by atoms with Crippen molar-refractivity contribution >= 4 is 11.8 Å². The predicted molar refractivity (Wildman–Crippen MR) is 84.1 cm³/mol. The summed E-state index contributed by atoms with van der Waals surface area (Å²) in [5.74, 6) is -0.131. The van der Waals surface area contributed by atoms with E-state index < -0.39 is 6.04 Å². The standard InChI is InChI=1S/C18H18N2O2/c21-16(13-14-7-3-1-4-8-14)20-12-11-19-18(22)17(20)15-9-5-2-6-10-15/h1-10,17H,11-13H2,(H,19,22). The Morgan fingerprint density at radius 2 is 1.68 bits per heavy atom. The molecule has 0 saturated carbocycles. The molecule has 1 aliphatic heterocycles. The zero-order valence-electron chi connectivity index (χ0n) is 12.2. The molecule has 0 radical (unpaired) electrons. The number of hydrogen-bond donors (Lipinski definition) is 1. The highest BCUT2D eigenvalue weighted by atomic mass is 16.2. The van der Waals surface area contributed by atoms with Gasteiger partial charge in [-0.05, 0) is 11.1 Å². The van der Waals surface area contributed by atoms with Gasteiger partial charge >= 0.3 is 0 Å². The third-order valence-electron chi connectivity index (χ3n) is 3.85. The Hall–Kier alpha value is -2.62. The maximum Gasteiger partial charge on any atom is 0.247 e. The normalized spacial score (nSPS) is 17.9. The van der Waals surface area contributed by atoms with Gasteiger partial charge in [0.15, 0.2) is 0 Å². The van der Waals surface area contributed by atoms with Crippen molar-refractivity contribution in [1.29, 1.82) is 0 Å². The lowest BCUT2D eigenvalue weighted by Gasteiger charge is -2.35. The molecule has 1 fully saturated rings. The largest absolute Gasteiger partial charge is 0.352 e. The van der Waals surface area contributed by atoms with Gasteiger partial charge in [-0.15, -0.1) is 0 Å². The van der Waals surface area contributed by atoms with Crippen LogP contribution in [0.3, 0.4) is 0 Å². The maximum atomic E-state index is 12.6. The van der Waals surface area contributed by atoms with Gasteiger partial charge in [-0.3, -0.25) is 9.59 Å². The fourth-order valence-electron chi connectivity index (χ4n) is 2.77. The van der Waals surface area contributed by atoms with E-state index in [1.165, 1.54) is 0 Å². The van der Waals surface area contributed by atoms with E-state index in [4.69, 9.17) is 0 Å². The maximum absolute atomic E-state index is 12.6. The van der Waals surface area contributed by atoms with E-state index >= 15 is 0 Å². The van der Waals surface area contributed by atoms with E-state index in [0.29, 0.717) is 19.5 Å². The van der Waals surface area contributed by atoms with Gasteiger partial charge in [0.1, 0.15) is 6.04 Å². The van der Waals surface area contributed by atoms with Crippen LogP contribution < -0.4 is 5.32 Å². The number of benzene rings is 2. The summed E-state index contributed by atoms with van der Waals surface area (Å²) in [4.78, 5) is 26.6. The second-order valence-electron chi connectivity index (χ2n) is 5.35. The molecule has 112 valence electrons. The van der Waals surface area contributed by atoms with Gasteiger partial charge in [0.25, 0.3) is 0 Å². The SMILES string of the molecule is O=C1NCCN(C(=O)Cc2ccccc2)C1c1ccccc1. The first-order valence-electron chi connectivity index (χ1n) is 7.42.